The average Bonchev–Trinajstić information content (AvgIpc) is 2.09. The van der Waals surface area contributed by atoms with E-state index in [1.54, 1.807) is 0 Å². The van der Waals surface area contributed by atoms with Gasteiger partial charge in [-0.25, -0.2) is 0 Å². The van der Waals surface area contributed by atoms with Crippen molar-refractivity contribution in [3.8, 4) is 5.75 Å². The van der Waals surface area contributed by atoms with E-state index in [1.165, 1.54) is 12.1 Å². The van der Waals surface area contributed by atoms with Crippen LogP contribution in [0, 0.1) is 0 Å². The monoisotopic (exact) mass is 235 g/mol. The van der Waals surface area contributed by atoms with Crippen LogP contribution in [0.5, 0.6) is 5.75 Å². The molecule has 0 aliphatic heterocycles. The Bertz CT molecular complexity index is 381. The Morgan fingerprint density at radius 3 is 2.50 bits per heavy atom. The highest BCUT2D eigenvalue weighted by molar-refractivity contribution is 6.35. The second kappa shape index (κ2) is 4.04. The highest BCUT2D eigenvalue weighted by Gasteiger charge is 2.20. The normalized spacial score (nSPS) is 12.5. The summed E-state index contributed by atoms with van der Waals surface area (Å²) >= 11 is 11.2. The van der Waals surface area contributed by atoms with Crippen LogP contribution in [0.3, 0.4) is 0 Å². The van der Waals surface area contributed by atoms with Crippen LogP contribution in [0.4, 0.5) is 0 Å². The van der Waals surface area contributed by atoms with E-state index in [0.717, 1.165) is 0 Å². The Kier molecular flexibility index (Phi) is 3.21. The summed E-state index contributed by atoms with van der Waals surface area (Å²) in [6.45, 7) is 0. The molecule has 0 saturated carbocycles. The SMILES string of the molecule is NC(C(=O)O)c1cc(Cl)cc(Cl)c1O. The van der Waals surface area contributed by atoms with E-state index in [1.807, 2.05) is 0 Å². The molecule has 0 heterocycles. The number of carboxylic acid groups (broad SMARTS) is 1. The lowest BCUT2D eigenvalue weighted by Crippen LogP contribution is -2.20. The number of aromatic hydroxyl groups is 1. The van der Waals surface area contributed by atoms with Crippen molar-refractivity contribution in [2.45, 2.75) is 6.04 Å². The zero-order valence-electron chi connectivity index (χ0n) is 6.87. The van der Waals surface area contributed by atoms with E-state index >= 15 is 0 Å². The molecule has 4 nitrogen and oxygen atoms in total. The summed E-state index contributed by atoms with van der Waals surface area (Å²) in [6.07, 6.45) is 0. The van der Waals surface area contributed by atoms with Gasteiger partial charge < -0.3 is 15.9 Å². The fraction of sp³-hybridized carbons (Fsp3) is 0.125. The fourth-order valence-electron chi connectivity index (χ4n) is 0.956. The van der Waals surface area contributed by atoms with Crippen LogP contribution in [-0.4, -0.2) is 16.2 Å². The smallest absolute Gasteiger partial charge is 0.325 e. The summed E-state index contributed by atoms with van der Waals surface area (Å²) in [6, 6.07) is 1.23. The fourth-order valence-corrected chi connectivity index (χ4v) is 1.47. The average molecular weight is 236 g/mol. The maximum Gasteiger partial charge on any atom is 0.325 e. The molecule has 0 spiro atoms. The molecule has 0 aliphatic carbocycles. The van der Waals surface area contributed by atoms with Gasteiger partial charge in [-0.05, 0) is 12.1 Å². The summed E-state index contributed by atoms with van der Waals surface area (Å²) in [5, 5.41) is 18.2. The minimum atomic E-state index is -1.34. The van der Waals surface area contributed by atoms with Gasteiger partial charge in [0.2, 0.25) is 0 Å². The molecule has 1 aromatic carbocycles. The second-order valence-corrected chi connectivity index (χ2v) is 3.48. The number of hydrogen-bond acceptors (Lipinski definition) is 3. The number of phenols is 1. The van der Waals surface area contributed by atoms with Crippen LogP contribution < -0.4 is 5.73 Å². The summed E-state index contributed by atoms with van der Waals surface area (Å²) in [5.41, 5.74) is 5.29. The molecule has 1 aromatic rings. The van der Waals surface area contributed by atoms with Gasteiger partial charge in [-0.15, -0.1) is 0 Å². The molecule has 0 amide bonds. The maximum atomic E-state index is 10.6. The molecule has 0 bridgehead atoms. The zero-order chi connectivity index (χ0) is 10.9. The Morgan fingerprint density at radius 1 is 1.43 bits per heavy atom. The van der Waals surface area contributed by atoms with Gasteiger partial charge >= 0.3 is 5.97 Å². The van der Waals surface area contributed by atoms with Crippen molar-refractivity contribution in [2.24, 2.45) is 5.73 Å². The largest absolute Gasteiger partial charge is 0.506 e. The molecular weight excluding hydrogens is 229 g/mol. The molecule has 0 radical (unpaired) electrons. The molecular formula is C8H7Cl2NO3. The molecule has 6 heteroatoms. The number of benzene rings is 1. The number of rotatable bonds is 2. The first-order valence-electron chi connectivity index (χ1n) is 3.59. The lowest BCUT2D eigenvalue weighted by molar-refractivity contribution is -0.138. The number of carbonyl (C=O) groups is 1. The molecule has 0 aromatic heterocycles. The molecule has 76 valence electrons. The van der Waals surface area contributed by atoms with Crippen LogP contribution in [0.1, 0.15) is 11.6 Å². The van der Waals surface area contributed by atoms with Crippen LogP contribution in [0.2, 0.25) is 10.0 Å². The van der Waals surface area contributed by atoms with E-state index in [2.05, 4.69) is 0 Å². The highest BCUT2D eigenvalue weighted by atomic mass is 35.5. The van der Waals surface area contributed by atoms with Crippen LogP contribution in [-0.2, 0) is 4.79 Å². The first kappa shape index (κ1) is 11.1. The van der Waals surface area contributed by atoms with Gasteiger partial charge in [0.05, 0.1) is 5.02 Å². The molecule has 4 N–H and O–H groups in total. The van der Waals surface area contributed by atoms with Gasteiger partial charge in [-0.1, -0.05) is 23.2 Å². The summed E-state index contributed by atoms with van der Waals surface area (Å²) in [5.74, 6) is -1.62. The molecule has 1 atom stereocenters. The third kappa shape index (κ3) is 2.09. The molecule has 0 saturated heterocycles. The van der Waals surface area contributed by atoms with E-state index in [9.17, 15) is 9.90 Å². The third-order valence-corrected chi connectivity index (χ3v) is 2.17. The van der Waals surface area contributed by atoms with E-state index in [0.29, 0.717) is 0 Å². The Hall–Kier alpha value is -0.970. The highest BCUT2D eigenvalue weighted by Crippen LogP contribution is 2.34. The second-order valence-electron chi connectivity index (χ2n) is 2.64. The van der Waals surface area contributed by atoms with Gasteiger partial charge in [0, 0.05) is 10.6 Å². The van der Waals surface area contributed by atoms with Crippen LogP contribution in [0.25, 0.3) is 0 Å². The van der Waals surface area contributed by atoms with Crippen molar-refractivity contribution < 1.29 is 15.0 Å². The summed E-state index contributed by atoms with van der Waals surface area (Å²) in [4.78, 5) is 10.6. The van der Waals surface area contributed by atoms with Crippen LogP contribution in [0.15, 0.2) is 12.1 Å². The van der Waals surface area contributed by atoms with Crippen LogP contribution >= 0.6 is 23.2 Å². The van der Waals surface area contributed by atoms with Crippen molar-refractivity contribution in [3.63, 3.8) is 0 Å². The molecule has 0 fully saturated rings. The van der Waals surface area contributed by atoms with E-state index in [4.69, 9.17) is 34.0 Å². The number of carboxylic acids is 1. The number of hydrogen-bond donors (Lipinski definition) is 3. The first-order chi connectivity index (χ1) is 6.43. The lowest BCUT2D eigenvalue weighted by Gasteiger charge is -2.10. The van der Waals surface area contributed by atoms with Crippen molar-refractivity contribution in [3.05, 3.63) is 27.7 Å². The standard InChI is InChI=1S/C8H7Cl2NO3/c9-3-1-4(6(11)8(13)14)7(12)5(10)2-3/h1-2,6,12H,11H2,(H,13,14). The first-order valence-corrected chi connectivity index (χ1v) is 4.35. The summed E-state index contributed by atoms with van der Waals surface area (Å²) < 4.78 is 0. The predicted octanol–water partition coefficient (Wildman–Crippen LogP) is 1.78. The zero-order valence-corrected chi connectivity index (χ0v) is 8.38. The van der Waals surface area contributed by atoms with Gasteiger partial charge in [0.25, 0.3) is 0 Å². The number of phenolic OH excluding ortho intramolecular Hbond substituents is 1. The van der Waals surface area contributed by atoms with Crippen molar-refractivity contribution >= 4 is 29.2 Å². The third-order valence-electron chi connectivity index (χ3n) is 1.66. The van der Waals surface area contributed by atoms with Crippen molar-refractivity contribution in [2.75, 3.05) is 0 Å². The molecule has 14 heavy (non-hydrogen) atoms. The Morgan fingerprint density at radius 2 is 2.00 bits per heavy atom. The minimum Gasteiger partial charge on any atom is -0.506 e. The molecule has 1 unspecified atom stereocenters. The van der Waals surface area contributed by atoms with Crippen molar-refractivity contribution in [1.29, 1.82) is 0 Å². The van der Waals surface area contributed by atoms with Gasteiger partial charge in [0.15, 0.2) is 0 Å². The van der Waals surface area contributed by atoms with Crippen molar-refractivity contribution in [1.82, 2.24) is 0 Å². The van der Waals surface area contributed by atoms with Gasteiger partial charge in [-0.2, -0.15) is 0 Å². The molecule has 0 aliphatic rings. The number of nitrogens with two attached hydrogens (primary N) is 1. The Balaban J connectivity index is 3.26. The summed E-state index contributed by atoms with van der Waals surface area (Å²) in [7, 11) is 0. The number of halogens is 2. The Labute approximate surface area is 89.9 Å². The predicted molar refractivity (Wildman–Crippen MR) is 52.7 cm³/mol. The maximum absolute atomic E-state index is 10.6. The van der Waals surface area contributed by atoms with Gasteiger partial charge in [0.1, 0.15) is 11.8 Å². The van der Waals surface area contributed by atoms with E-state index in [-0.39, 0.29) is 21.4 Å². The number of aliphatic carboxylic acids is 1. The quantitative estimate of drug-likeness (QED) is 0.730. The molecule has 1 rings (SSSR count). The van der Waals surface area contributed by atoms with E-state index < -0.39 is 12.0 Å². The topological polar surface area (TPSA) is 83.6 Å². The minimum absolute atomic E-state index is 0.00463. The lowest BCUT2D eigenvalue weighted by atomic mass is 10.1. The van der Waals surface area contributed by atoms with Gasteiger partial charge in [-0.3, -0.25) is 4.79 Å².